The monoisotopic (exact) mass is 531 g/mol. The van der Waals surface area contributed by atoms with Gasteiger partial charge in [0.05, 0.1) is 23.4 Å². The molecular weight excluding hydrogens is 498 g/mol. The van der Waals surface area contributed by atoms with Gasteiger partial charge in [0.2, 0.25) is 0 Å². The number of unbranched alkanes of at least 4 members (excludes halogenated alkanes) is 1. The summed E-state index contributed by atoms with van der Waals surface area (Å²) in [6.45, 7) is 8.21. The molecular formula is C29H33N5O3S. The fourth-order valence-corrected chi connectivity index (χ4v) is 4.81. The van der Waals surface area contributed by atoms with Crippen LogP contribution < -0.4 is 16.0 Å². The predicted molar refractivity (Wildman–Crippen MR) is 153 cm³/mol. The molecule has 0 atom stereocenters. The second-order valence-electron chi connectivity index (χ2n) is 10.1. The van der Waals surface area contributed by atoms with E-state index < -0.39 is 5.54 Å². The third-order valence-electron chi connectivity index (χ3n) is 5.82. The molecule has 0 bridgehead atoms. The van der Waals surface area contributed by atoms with Crippen molar-refractivity contribution in [1.82, 2.24) is 20.6 Å². The number of nitrogens with one attached hydrogen (secondary N) is 3. The van der Waals surface area contributed by atoms with E-state index in [0.29, 0.717) is 50.5 Å². The summed E-state index contributed by atoms with van der Waals surface area (Å²) in [5.74, 6) is -0.472. The Kier molecular flexibility index (Phi) is 8.38. The Morgan fingerprint density at radius 1 is 1.08 bits per heavy atom. The maximum Gasteiger partial charge on any atom is 0.270 e. The minimum absolute atomic E-state index is 0.221. The van der Waals surface area contributed by atoms with Gasteiger partial charge in [0.25, 0.3) is 11.8 Å². The highest BCUT2D eigenvalue weighted by Crippen LogP contribution is 2.36. The van der Waals surface area contributed by atoms with E-state index in [1.165, 1.54) is 11.3 Å². The predicted octanol–water partition coefficient (Wildman–Crippen LogP) is 5.65. The summed E-state index contributed by atoms with van der Waals surface area (Å²) in [5.41, 5.74) is 3.66. The first-order chi connectivity index (χ1) is 18.2. The van der Waals surface area contributed by atoms with E-state index in [2.05, 4.69) is 32.8 Å². The molecule has 0 saturated carbocycles. The van der Waals surface area contributed by atoms with Crippen LogP contribution in [0.25, 0.3) is 21.5 Å². The number of pyridine rings is 1. The zero-order valence-corrected chi connectivity index (χ0v) is 22.9. The van der Waals surface area contributed by atoms with E-state index in [9.17, 15) is 14.7 Å². The average molecular weight is 532 g/mol. The zero-order chi connectivity index (χ0) is 27.3. The molecule has 2 amide bonds. The molecule has 0 aliphatic heterocycles. The van der Waals surface area contributed by atoms with E-state index in [-0.39, 0.29) is 18.4 Å². The van der Waals surface area contributed by atoms with Crippen molar-refractivity contribution in [2.75, 3.05) is 11.9 Å². The molecule has 4 aromatic rings. The van der Waals surface area contributed by atoms with Crippen molar-refractivity contribution in [1.29, 1.82) is 0 Å². The number of rotatable bonds is 9. The number of nitrogens with zero attached hydrogens (tertiary/aromatic N) is 2. The van der Waals surface area contributed by atoms with E-state index >= 15 is 0 Å². The minimum atomic E-state index is -0.434. The Hall–Kier alpha value is -3.82. The fourth-order valence-electron chi connectivity index (χ4n) is 3.96. The highest BCUT2D eigenvalue weighted by molar-refractivity contribution is 7.13. The number of anilines is 2. The Balaban J connectivity index is 1.83. The summed E-state index contributed by atoms with van der Waals surface area (Å²) in [6, 6.07) is 13.3. The van der Waals surface area contributed by atoms with Crippen molar-refractivity contribution in [3.8, 4) is 10.6 Å². The number of thiazole rings is 1. The van der Waals surface area contributed by atoms with Gasteiger partial charge in [0, 0.05) is 40.3 Å². The second kappa shape index (κ2) is 11.7. The van der Waals surface area contributed by atoms with Gasteiger partial charge in [-0.05, 0) is 57.0 Å². The molecule has 0 spiro atoms. The van der Waals surface area contributed by atoms with Crippen LogP contribution in [0.4, 0.5) is 11.4 Å². The first kappa shape index (κ1) is 27.2. The Morgan fingerprint density at radius 3 is 2.53 bits per heavy atom. The molecule has 0 aliphatic carbocycles. The van der Waals surface area contributed by atoms with Crippen molar-refractivity contribution in [3.05, 3.63) is 70.9 Å². The first-order valence-corrected chi connectivity index (χ1v) is 13.5. The fraction of sp³-hybridized carbons (Fsp3) is 0.310. The number of amides is 2. The van der Waals surface area contributed by atoms with Gasteiger partial charge in [0.15, 0.2) is 0 Å². The van der Waals surface area contributed by atoms with Crippen molar-refractivity contribution in [3.63, 3.8) is 0 Å². The smallest absolute Gasteiger partial charge is 0.270 e. The van der Waals surface area contributed by atoms with Crippen LogP contribution in [-0.2, 0) is 6.61 Å². The number of hydrogen-bond acceptors (Lipinski definition) is 7. The molecule has 0 aliphatic rings. The summed E-state index contributed by atoms with van der Waals surface area (Å²) in [5, 5.41) is 22.5. The average Bonchev–Trinajstić information content (AvgIpc) is 3.38. The van der Waals surface area contributed by atoms with Crippen molar-refractivity contribution >= 4 is 45.4 Å². The molecule has 0 saturated heterocycles. The quantitative estimate of drug-likeness (QED) is 0.207. The highest BCUT2D eigenvalue weighted by atomic mass is 32.1. The number of carbonyl (C=O) groups excluding carboxylic acids is 2. The SMILES string of the molecule is CCCCNC(=O)c1csc(-c2cc3c(Nc4ccccc4)c(C(=O)NC(C)(C)C)cnc3cc2CO)n1. The molecule has 2 aromatic carbocycles. The number of aliphatic hydroxyl groups is 1. The largest absolute Gasteiger partial charge is 0.392 e. The third kappa shape index (κ3) is 6.35. The summed E-state index contributed by atoms with van der Waals surface area (Å²) in [4.78, 5) is 35.0. The topological polar surface area (TPSA) is 116 Å². The summed E-state index contributed by atoms with van der Waals surface area (Å²) in [7, 11) is 0. The minimum Gasteiger partial charge on any atom is -0.392 e. The Morgan fingerprint density at radius 2 is 1.84 bits per heavy atom. The van der Waals surface area contributed by atoms with Gasteiger partial charge in [-0.2, -0.15) is 0 Å². The second-order valence-corrected chi connectivity index (χ2v) is 10.9. The molecule has 4 N–H and O–H groups in total. The zero-order valence-electron chi connectivity index (χ0n) is 22.1. The van der Waals surface area contributed by atoms with Crippen molar-refractivity contribution < 1.29 is 14.7 Å². The maximum absolute atomic E-state index is 13.3. The van der Waals surface area contributed by atoms with E-state index in [0.717, 1.165) is 18.5 Å². The normalized spacial score (nSPS) is 11.4. The molecule has 4 rings (SSSR count). The van der Waals surface area contributed by atoms with E-state index in [1.54, 1.807) is 17.6 Å². The van der Waals surface area contributed by atoms with Crippen LogP contribution in [0.5, 0.6) is 0 Å². The summed E-state index contributed by atoms with van der Waals surface area (Å²) >= 11 is 1.33. The number of aromatic nitrogens is 2. The summed E-state index contributed by atoms with van der Waals surface area (Å²) < 4.78 is 0. The lowest BCUT2D eigenvalue weighted by Crippen LogP contribution is -2.40. The van der Waals surface area contributed by atoms with Gasteiger partial charge in [-0.3, -0.25) is 14.6 Å². The third-order valence-corrected chi connectivity index (χ3v) is 6.70. The molecule has 2 heterocycles. The molecule has 8 nitrogen and oxygen atoms in total. The van der Waals surface area contributed by atoms with Crippen molar-refractivity contribution in [2.24, 2.45) is 0 Å². The highest BCUT2D eigenvalue weighted by Gasteiger charge is 2.22. The molecule has 9 heteroatoms. The molecule has 2 aromatic heterocycles. The number of carbonyl (C=O) groups is 2. The molecule has 0 radical (unpaired) electrons. The lowest BCUT2D eigenvalue weighted by molar-refractivity contribution is 0.0917. The maximum atomic E-state index is 13.3. The number of aliphatic hydroxyl groups excluding tert-OH is 1. The molecule has 0 fully saturated rings. The number of benzene rings is 2. The Bertz CT molecular complexity index is 1440. The van der Waals surface area contributed by atoms with E-state index in [1.807, 2.05) is 57.2 Å². The number of hydrogen-bond donors (Lipinski definition) is 4. The van der Waals surface area contributed by atoms with Crippen LogP contribution in [0.2, 0.25) is 0 Å². The first-order valence-electron chi connectivity index (χ1n) is 12.7. The number of para-hydroxylation sites is 1. The lowest BCUT2D eigenvalue weighted by atomic mass is 10.0. The van der Waals surface area contributed by atoms with Crippen LogP contribution in [0, 0.1) is 0 Å². The van der Waals surface area contributed by atoms with Crippen LogP contribution in [0.15, 0.2) is 54.0 Å². The van der Waals surface area contributed by atoms with Crippen LogP contribution in [0.1, 0.15) is 66.9 Å². The van der Waals surface area contributed by atoms with Gasteiger partial charge < -0.3 is 21.1 Å². The van der Waals surface area contributed by atoms with Gasteiger partial charge >= 0.3 is 0 Å². The van der Waals surface area contributed by atoms with Crippen LogP contribution in [-0.4, -0.2) is 39.0 Å². The van der Waals surface area contributed by atoms with Gasteiger partial charge in [-0.25, -0.2) is 4.98 Å². The van der Waals surface area contributed by atoms with Gasteiger partial charge in [-0.15, -0.1) is 11.3 Å². The van der Waals surface area contributed by atoms with Gasteiger partial charge in [0.1, 0.15) is 10.7 Å². The van der Waals surface area contributed by atoms with Gasteiger partial charge in [-0.1, -0.05) is 31.5 Å². The standard InChI is InChI=1S/C29H33N5O3S/c1-5-6-12-30-27(37)24-17-38-28(33-24)20-14-21-23(13-18(20)16-35)31-15-22(26(36)34-29(2,3)4)25(21)32-19-10-8-7-9-11-19/h7-11,13-15,17,35H,5-6,12,16H2,1-4H3,(H,30,37)(H,31,32)(H,34,36). The molecule has 38 heavy (non-hydrogen) atoms. The van der Waals surface area contributed by atoms with Crippen LogP contribution >= 0.6 is 11.3 Å². The molecule has 0 unspecified atom stereocenters. The molecule has 198 valence electrons. The van der Waals surface area contributed by atoms with E-state index in [4.69, 9.17) is 0 Å². The Labute approximate surface area is 226 Å². The summed E-state index contributed by atoms with van der Waals surface area (Å²) in [6.07, 6.45) is 3.44. The van der Waals surface area contributed by atoms with Crippen molar-refractivity contribution in [2.45, 2.75) is 52.7 Å². The number of fused-ring (bicyclic) bond motifs is 1. The van der Waals surface area contributed by atoms with Crippen LogP contribution in [0.3, 0.4) is 0 Å². The lowest BCUT2D eigenvalue weighted by Gasteiger charge is -2.22.